The van der Waals surface area contributed by atoms with Crippen LogP contribution in [-0.4, -0.2) is 16.7 Å². The van der Waals surface area contributed by atoms with Crippen molar-refractivity contribution in [3.63, 3.8) is 0 Å². The predicted octanol–water partition coefficient (Wildman–Crippen LogP) is 4.19. The third-order valence-corrected chi connectivity index (χ3v) is 4.47. The van der Waals surface area contributed by atoms with Crippen molar-refractivity contribution in [2.75, 3.05) is 12.8 Å². The molecule has 0 aliphatic heterocycles. The van der Waals surface area contributed by atoms with Gasteiger partial charge in [-0.2, -0.15) is 0 Å². The van der Waals surface area contributed by atoms with E-state index < -0.39 is 0 Å². The smallest absolute Gasteiger partial charge is 0.133 e. The summed E-state index contributed by atoms with van der Waals surface area (Å²) in [6.07, 6.45) is 3.52. The maximum atomic E-state index is 6.36. The Balaban J connectivity index is 2.05. The molecule has 3 rings (SSSR count). The highest BCUT2D eigenvalue weighted by Crippen LogP contribution is 2.42. The second kappa shape index (κ2) is 5.72. The minimum absolute atomic E-state index is 0.592. The van der Waals surface area contributed by atoms with E-state index >= 15 is 0 Å². The molecule has 1 aromatic heterocycles. The molecule has 0 bridgehead atoms. The molecule has 0 saturated heterocycles. The number of nitrogens with two attached hydrogens (primary N) is 1. The van der Waals surface area contributed by atoms with Crippen LogP contribution < -0.4 is 10.5 Å². The summed E-state index contributed by atoms with van der Waals surface area (Å²) >= 11 is 3.53. The first kappa shape index (κ1) is 14.4. The number of hydrogen-bond donors (Lipinski definition) is 1. The van der Waals surface area contributed by atoms with Gasteiger partial charge in [-0.1, -0.05) is 6.92 Å². The molecule has 1 aliphatic rings. The molecule has 2 aromatic rings. The zero-order valence-corrected chi connectivity index (χ0v) is 14.0. The van der Waals surface area contributed by atoms with E-state index in [4.69, 9.17) is 15.5 Å². The molecule has 112 valence electrons. The highest BCUT2D eigenvalue weighted by molar-refractivity contribution is 9.10. The minimum Gasteiger partial charge on any atom is -0.496 e. The SMILES string of the molecule is CCCn1c(C2CC2)nc(-c2ccc(OC)c(Br)c2)c1N. The molecule has 1 aromatic carbocycles. The summed E-state index contributed by atoms with van der Waals surface area (Å²) in [6.45, 7) is 3.10. The molecule has 0 spiro atoms. The van der Waals surface area contributed by atoms with Crippen LogP contribution in [-0.2, 0) is 6.54 Å². The van der Waals surface area contributed by atoms with Gasteiger partial charge in [0.05, 0.1) is 11.6 Å². The molecule has 5 heteroatoms. The lowest BCUT2D eigenvalue weighted by molar-refractivity contribution is 0.412. The lowest BCUT2D eigenvalue weighted by Crippen LogP contribution is -2.06. The van der Waals surface area contributed by atoms with Gasteiger partial charge in [0.25, 0.3) is 0 Å². The molecular weight excluding hydrogens is 330 g/mol. The molecule has 1 heterocycles. The van der Waals surface area contributed by atoms with E-state index in [1.165, 1.54) is 12.8 Å². The standard InChI is InChI=1S/C16H20BrN3O/c1-3-8-20-15(18)14(19-16(20)10-4-5-10)11-6-7-13(21-2)12(17)9-11/h6-7,9-10H,3-5,8,18H2,1-2H3. The number of nitrogen functional groups attached to an aromatic ring is 1. The summed E-state index contributed by atoms with van der Waals surface area (Å²) in [6, 6.07) is 5.97. The summed E-state index contributed by atoms with van der Waals surface area (Å²) in [5.74, 6) is 3.33. The molecule has 1 fully saturated rings. The second-order valence-corrected chi connectivity index (χ2v) is 6.33. The monoisotopic (exact) mass is 349 g/mol. The first-order valence-electron chi connectivity index (χ1n) is 7.35. The number of benzene rings is 1. The van der Waals surface area contributed by atoms with Crippen LogP contribution in [0.15, 0.2) is 22.7 Å². The van der Waals surface area contributed by atoms with E-state index in [1.54, 1.807) is 7.11 Å². The number of hydrogen-bond acceptors (Lipinski definition) is 3. The Bertz CT molecular complexity index is 662. The Labute approximate surface area is 133 Å². The Morgan fingerprint density at radius 1 is 1.43 bits per heavy atom. The van der Waals surface area contributed by atoms with Crippen LogP contribution in [0.4, 0.5) is 5.82 Å². The summed E-state index contributed by atoms with van der Waals surface area (Å²) in [5, 5.41) is 0. The maximum absolute atomic E-state index is 6.36. The fraction of sp³-hybridized carbons (Fsp3) is 0.438. The first-order chi connectivity index (χ1) is 10.2. The molecule has 1 saturated carbocycles. The lowest BCUT2D eigenvalue weighted by atomic mass is 10.1. The number of methoxy groups -OCH3 is 1. The van der Waals surface area contributed by atoms with Gasteiger partial charge in [-0.25, -0.2) is 4.98 Å². The molecule has 2 N–H and O–H groups in total. The fourth-order valence-corrected chi connectivity index (χ4v) is 3.16. The predicted molar refractivity (Wildman–Crippen MR) is 88.6 cm³/mol. The number of halogens is 1. The van der Waals surface area contributed by atoms with Crippen molar-refractivity contribution in [3.05, 3.63) is 28.5 Å². The van der Waals surface area contributed by atoms with E-state index in [0.29, 0.717) is 5.92 Å². The number of anilines is 1. The number of imidazole rings is 1. The van der Waals surface area contributed by atoms with Gasteiger partial charge in [0.1, 0.15) is 23.1 Å². The molecule has 21 heavy (non-hydrogen) atoms. The molecule has 1 aliphatic carbocycles. The van der Waals surface area contributed by atoms with Gasteiger partial charge < -0.3 is 15.0 Å². The van der Waals surface area contributed by atoms with Crippen LogP contribution in [0.1, 0.15) is 37.9 Å². The van der Waals surface area contributed by atoms with Crippen LogP contribution in [0.2, 0.25) is 0 Å². The number of rotatable bonds is 5. The summed E-state index contributed by atoms with van der Waals surface area (Å²) < 4.78 is 8.38. The number of ether oxygens (including phenoxy) is 1. The Kier molecular flexibility index (Phi) is 3.93. The van der Waals surface area contributed by atoms with Crippen molar-refractivity contribution in [3.8, 4) is 17.0 Å². The van der Waals surface area contributed by atoms with Crippen molar-refractivity contribution in [1.82, 2.24) is 9.55 Å². The third-order valence-electron chi connectivity index (χ3n) is 3.85. The Hall–Kier alpha value is -1.49. The van der Waals surface area contributed by atoms with E-state index in [-0.39, 0.29) is 0 Å². The third kappa shape index (κ3) is 2.67. The van der Waals surface area contributed by atoms with E-state index in [1.807, 2.05) is 18.2 Å². The molecular formula is C16H20BrN3O. The maximum Gasteiger partial charge on any atom is 0.133 e. The van der Waals surface area contributed by atoms with Crippen molar-refractivity contribution >= 4 is 21.7 Å². The highest BCUT2D eigenvalue weighted by atomic mass is 79.9. The van der Waals surface area contributed by atoms with Crippen LogP contribution >= 0.6 is 15.9 Å². The first-order valence-corrected chi connectivity index (χ1v) is 8.14. The Morgan fingerprint density at radius 2 is 2.19 bits per heavy atom. The van der Waals surface area contributed by atoms with Crippen molar-refractivity contribution in [1.29, 1.82) is 0 Å². The normalized spacial score (nSPS) is 14.4. The average molecular weight is 350 g/mol. The molecule has 0 atom stereocenters. The Morgan fingerprint density at radius 3 is 2.76 bits per heavy atom. The van der Waals surface area contributed by atoms with Crippen molar-refractivity contribution < 1.29 is 4.74 Å². The van der Waals surface area contributed by atoms with Gasteiger partial charge in [0.15, 0.2) is 0 Å². The number of aromatic nitrogens is 2. The van der Waals surface area contributed by atoms with Crippen molar-refractivity contribution in [2.45, 2.75) is 38.6 Å². The highest BCUT2D eigenvalue weighted by Gasteiger charge is 2.30. The van der Waals surface area contributed by atoms with Crippen LogP contribution in [0.5, 0.6) is 5.75 Å². The topological polar surface area (TPSA) is 53.1 Å². The van der Waals surface area contributed by atoms with Crippen LogP contribution in [0, 0.1) is 0 Å². The molecule has 4 nitrogen and oxygen atoms in total. The van der Waals surface area contributed by atoms with Gasteiger partial charge in [0, 0.05) is 18.0 Å². The van der Waals surface area contributed by atoms with E-state index in [9.17, 15) is 0 Å². The minimum atomic E-state index is 0.592. The zero-order chi connectivity index (χ0) is 15.0. The summed E-state index contributed by atoms with van der Waals surface area (Å²) in [7, 11) is 1.66. The number of nitrogens with zero attached hydrogens (tertiary/aromatic N) is 2. The lowest BCUT2D eigenvalue weighted by Gasteiger charge is -2.08. The van der Waals surface area contributed by atoms with Gasteiger partial charge in [-0.3, -0.25) is 0 Å². The van der Waals surface area contributed by atoms with Gasteiger partial charge in [-0.15, -0.1) is 0 Å². The summed E-state index contributed by atoms with van der Waals surface area (Å²) in [4.78, 5) is 4.83. The average Bonchev–Trinajstić information content (AvgIpc) is 3.26. The van der Waals surface area contributed by atoms with Gasteiger partial charge in [0.2, 0.25) is 0 Å². The summed E-state index contributed by atoms with van der Waals surface area (Å²) in [5.41, 5.74) is 8.27. The molecule has 0 unspecified atom stereocenters. The van der Waals surface area contributed by atoms with Crippen LogP contribution in [0.25, 0.3) is 11.3 Å². The van der Waals surface area contributed by atoms with Gasteiger partial charge in [-0.05, 0) is 53.4 Å². The fourth-order valence-electron chi connectivity index (χ4n) is 2.62. The molecule has 0 amide bonds. The molecule has 0 radical (unpaired) electrons. The van der Waals surface area contributed by atoms with Gasteiger partial charge >= 0.3 is 0 Å². The van der Waals surface area contributed by atoms with E-state index in [0.717, 1.165) is 46.1 Å². The quantitative estimate of drug-likeness (QED) is 0.880. The zero-order valence-electron chi connectivity index (χ0n) is 12.4. The second-order valence-electron chi connectivity index (χ2n) is 5.48. The largest absolute Gasteiger partial charge is 0.496 e. The van der Waals surface area contributed by atoms with Crippen LogP contribution in [0.3, 0.4) is 0 Å². The van der Waals surface area contributed by atoms with Crippen molar-refractivity contribution in [2.24, 2.45) is 0 Å². The van der Waals surface area contributed by atoms with E-state index in [2.05, 4.69) is 27.4 Å².